The Hall–Kier alpha value is -0.540. The van der Waals surface area contributed by atoms with Crippen LogP contribution in [0.2, 0.25) is 5.02 Å². The molecular formula is C6H5Cl2F2N. The molecule has 1 aromatic carbocycles. The normalized spacial score (nSPS) is 9.00. The van der Waals surface area contributed by atoms with Crippen molar-refractivity contribution in [1.82, 2.24) is 0 Å². The first-order chi connectivity index (χ1) is 4.61. The number of rotatable bonds is 0. The lowest BCUT2D eigenvalue weighted by atomic mass is 10.3. The van der Waals surface area contributed by atoms with Gasteiger partial charge in [0.2, 0.25) is 0 Å². The molecule has 0 atom stereocenters. The summed E-state index contributed by atoms with van der Waals surface area (Å²) in [6, 6.07) is 1.74. The van der Waals surface area contributed by atoms with Crippen molar-refractivity contribution in [2.24, 2.45) is 0 Å². The Morgan fingerprint density at radius 3 is 2.27 bits per heavy atom. The average molecular weight is 200 g/mol. The summed E-state index contributed by atoms with van der Waals surface area (Å²) in [6.07, 6.45) is 0. The zero-order chi connectivity index (χ0) is 7.72. The smallest absolute Gasteiger partial charge is 0.164 e. The van der Waals surface area contributed by atoms with Crippen LogP contribution in [0, 0.1) is 11.6 Å². The van der Waals surface area contributed by atoms with Crippen LogP contribution in [0.5, 0.6) is 0 Å². The number of hydrogen-bond acceptors (Lipinski definition) is 1. The van der Waals surface area contributed by atoms with Crippen molar-refractivity contribution in [3.63, 3.8) is 0 Å². The van der Waals surface area contributed by atoms with Crippen LogP contribution >= 0.6 is 24.0 Å². The van der Waals surface area contributed by atoms with Gasteiger partial charge in [-0.15, -0.1) is 12.4 Å². The maximum absolute atomic E-state index is 12.5. The van der Waals surface area contributed by atoms with Crippen LogP contribution in [0.3, 0.4) is 0 Å². The monoisotopic (exact) mass is 199 g/mol. The number of anilines is 1. The third-order valence-electron chi connectivity index (χ3n) is 1.02. The molecule has 0 aliphatic rings. The van der Waals surface area contributed by atoms with Gasteiger partial charge in [-0.05, 0) is 12.1 Å². The first-order valence-corrected chi connectivity index (χ1v) is 2.89. The van der Waals surface area contributed by atoms with E-state index in [4.69, 9.17) is 17.3 Å². The van der Waals surface area contributed by atoms with Crippen LogP contribution in [0.4, 0.5) is 14.5 Å². The molecule has 11 heavy (non-hydrogen) atoms. The molecular weight excluding hydrogens is 195 g/mol. The van der Waals surface area contributed by atoms with Crippen LogP contribution in [-0.2, 0) is 0 Å². The van der Waals surface area contributed by atoms with Crippen molar-refractivity contribution in [2.45, 2.75) is 0 Å². The van der Waals surface area contributed by atoms with Crippen molar-refractivity contribution in [3.8, 4) is 0 Å². The third-order valence-corrected chi connectivity index (χ3v) is 1.30. The standard InChI is InChI=1S/C6H4ClF2N.ClH/c7-4-1-3(8)2-5(10)6(4)9;/h1-2H,10H2;1H. The van der Waals surface area contributed by atoms with Crippen molar-refractivity contribution in [2.75, 3.05) is 5.73 Å². The molecule has 0 heterocycles. The second-order valence-corrected chi connectivity index (χ2v) is 2.20. The van der Waals surface area contributed by atoms with Crippen molar-refractivity contribution in [1.29, 1.82) is 0 Å². The van der Waals surface area contributed by atoms with Gasteiger partial charge in [-0.3, -0.25) is 0 Å². The van der Waals surface area contributed by atoms with E-state index in [9.17, 15) is 8.78 Å². The Bertz CT molecular complexity index is 242. The molecule has 1 rings (SSSR count). The third kappa shape index (κ3) is 2.20. The van der Waals surface area contributed by atoms with E-state index in [-0.39, 0.29) is 23.1 Å². The van der Waals surface area contributed by atoms with E-state index in [1.54, 1.807) is 0 Å². The van der Waals surface area contributed by atoms with E-state index in [2.05, 4.69) is 0 Å². The maximum atomic E-state index is 12.5. The zero-order valence-electron chi connectivity index (χ0n) is 5.27. The average Bonchev–Trinajstić information content (AvgIpc) is 1.82. The van der Waals surface area contributed by atoms with E-state index in [1.807, 2.05) is 0 Å². The van der Waals surface area contributed by atoms with E-state index < -0.39 is 11.6 Å². The molecule has 0 aliphatic heterocycles. The molecule has 0 radical (unpaired) electrons. The summed E-state index contributed by atoms with van der Waals surface area (Å²) in [6.45, 7) is 0. The van der Waals surface area contributed by atoms with Crippen LogP contribution < -0.4 is 5.73 Å². The van der Waals surface area contributed by atoms with Gasteiger partial charge in [0.05, 0.1) is 10.7 Å². The minimum Gasteiger partial charge on any atom is -0.396 e. The Morgan fingerprint density at radius 2 is 1.82 bits per heavy atom. The molecule has 2 N–H and O–H groups in total. The van der Waals surface area contributed by atoms with E-state index in [1.165, 1.54) is 0 Å². The van der Waals surface area contributed by atoms with Gasteiger partial charge in [-0.1, -0.05) is 11.6 Å². The molecule has 5 heteroatoms. The summed E-state index contributed by atoms with van der Waals surface area (Å²) in [7, 11) is 0. The van der Waals surface area contributed by atoms with Gasteiger partial charge in [-0.2, -0.15) is 0 Å². The molecule has 0 fully saturated rings. The van der Waals surface area contributed by atoms with Crippen LogP contribution in [0.25, 0.3) is 0 Å². The predicted molar refractivity (Wildman–Crippen MR) is 43.0 cm³/mol. The molecule has 0 saturated carbocycles. The van der Waals surface area contributed by atoms with Crippen molar-refractivity contribution >= 4 is 29.7 Å². The number of hydrogen-bond donors (Lipinski definition) is 1. The molecule has 0 spiro atoms. The van der Waals surface area contributed by atoms with Gasteiger partial charge in [0, 0.05) is 0 Å². The lowest BCUT2D eigenvalue weighted by molar-refractivity contribution is 0.604. The highest BCUT2D eigenvalue weighted by Gasteiger charge is 2.05. The van der Waals surface area contributed by atoms with E-state index in [0.717, 1.165) is 12.1 Å². The molecule has 1 aromatic rings. The Balaban J connectivity index is 0.000001000. The lowest BCUT2D eigenvalue weighted by Crippen LogP contribution is -1.92. The SMILES string of the molecule is Cl.Nc1cc(F)cc(Cl)c1F. The number of nitrogens with two attached hydrogens (primary N) is 1. The van der Waals surface area contributed by atoms with Crippen molar-refractivity contribution in [3.05, 3.63) is 28.8 Å². The molecule has 0 unspecified atom stereocenters. The first-order valence-electron chi connectivity index (χ1n) is 2.51. The molecule has 0 aromatic heterocycles. The quantitative estimate of drug-likeness (QED) is 0.505. The topological polar surface area (TPSA) is 26.0 Å². The Morgan fingerprint density at radius 1 is 1.27 bits per heavy atom. The zero-order valence-corrected chi connectivity index (χ0v) is 6.85. The largest absolute Gasteiger partial charge is 0.396 e. The van der Waals surface area contributed by atoms with Gasteiger partial charge in [-0.25, -0.2) is 8.78 Å². The maximum Gasteiger partial charge on any atom is 0.164 e. The summed E-state index contributed by atoms with van der Waals surface area (Å²) in [4.78, 5) is 0. The van der Waals surface area contributed by atoms with Gasteiger partial charge in [0.15, 0.2) is 5.82 Å². The summed E-state index contributed by atoms with van der Waals surface area (Å²) < 4.78 is 24.8. The van der Waals surface area contributed by atoms with Crippen LogP contribution in [-0.4, -0.2) is 0 Å². The first kappa shape index (κ1) is 10.5. The second kappa shape index (κ2) is 3.74. The highest BCUT2D eigenvalue weighted by atomic mass is 35.5. The van der Waals surface area contributed by atoms with E-state index in [0.29, 0.717) is 0 Å². The minimum atomic E-state index is -0.775. The molecule has 0 bridgehead atoms. The Labute approximate surface area is 73.6 Å². The number of nitrogen functional groups attached to an aromatic ring is 1. The number of halogens is 4. The molecule has 0 amide bonds. The summed E-state index contributed by atoms with van der Waals surface area (Å²) in [5.74, 6) is -1.41. The lowest BCUT2D eigenvalue weighted by Gasteiger charge is -1.97. The molecule has 0 aliphatic carbocycles. The van der Waals surface area contributed by atoms with Gasteiger partial charge < -0.3 is 5.73 Å². The fourth-order valence-electron chi connectivity index (χ4n) is 0.576. The van der Waals surface area contributed by atoms with Gasteiger partial charge >= 0.3 is 0 Å². The van der Waals surface area contributed by atoms with Gasteiger partial charge in [0.1, 0.15) is 5.82 Å². The molecule has 62 valence electrons. The van der Waals surface area contributed by atoms with Crippen molar-refractivity contribution < 1.29 is 8.78 Å². The summed E-state index contributed by atoms with van der Waals surface area (Å²) in [5.41, 5.74) is 4.75. The fourth-order valence-corrected chi connectivity index (χ4v) is 0.789. The fraction of sp³-hybridized carbons (Fsp3) is 0. The van der Waals surface area contributed by atoms with E-state index >= 15 is 0 Å². The second-order valence-electron chi connectivity index (χ2n) is 1.79. The van der Waals surface area contributed by atoms with Gasteiger partial charge in [0.25, 0.3) is 0 Å². The van der Waals surface area contributed by atoms with Crippen LogP contribution in [0.1, 0.15) is 0 Å². The predicted octanol–water partition coefficient (Wildman–Crippen LogP) is 2.62. The molecule has 0 saturated heterocycles. The van der Waals surface area contributed by atoms with Crippen LogP contribution in [0.15, 0.2) is 12.1 Å². The summed E-state index contributed by atoms with van der Waals surface area (Å²) in [5, 5.41) is -0.294. The number of benzene rings is 1. The summed E-state index contributed by atoms with van der Waals surface area (Å²) >= 11 is 5.22. The minimum absolute atomic E-state index is 0. The highest BCUT2D eigenvalue weighted by molar-refractivity contribution is 6.31. The highest BCUT2D eigenvalue weighted by Crippen LogP contribution is 2.21. The molecule has 1 nitrogen and oxygen atoms in total. The Kier molecular flexibility index (Phi) is 3.55.